The average Bonchev–Trinajstić information content (AvgIpc) is 2.91. The third-order valence-corrected chi connectivity index (χ3v) is 4.19. The van der Waals surface area contributed by atoms with Gasteiger partial charge >= 0.3 is 0 Å². The summed E-state index contributed by atoms with van der Waals surface area (Å²) in [5, 5.41) is 3.25. The first-order valence-corrected chi connectivity index (χ1v) is 7.38. The summed E-state index contributed by atoms with van der Waals surface area (Å²) in [7, 11) is 0. The maximum absolute atomic E-state index is 11.2. The molecule has 2 aromatic rings. The Morgan fingerprint density at radius 3 is 2.74 bits per heavy atom. The first-order valence-electron chi connectivity index (χ1n) is 6.51. The van der Waals surface area contributed by atoms with E-state index in [2.05, 4.69) is 28.6 Å². The van der Waals surface area contributed by atoms with Gasteiger partial charge in [-0.3, -0.25) is 4.79 Å². The van der Waals surface area contributed by atoms with E-state index < -0.39 is 0 Å². The third-order valence-electron chi connectivity index (χ3n) is 3.34. The predicted octanol–water partition coefficient (Wildman–Crippen LogP) is 4.03. The van der Waals surface area contributed by atoms with E-state index in [4.69, 9.17) is 0 Å². The van der Waals surface area contributed by atoms with Crippen LogP contribution in [0, 0.1) is 0 Å². The number of ketones is 1. The molecule has 1 aliphatic rings. The lowest BCUT2D eigenvalue weighted by Crippen LogP contribution is -2.05. The second-order valence-electron chi connectivity index (χ2n) is 4.77. The Kier molecular flexibility index (Phi) is 3.56. The molecular weight excluding hydrogens is 254 g/mol. The zero-order valence-corrected chi connectivity index (χ0v) is 11.5. The average molecular weight is 269 g/mol. The van der Waals surface area contributed by atoms with Crippen LogP contribution in [0.4, 0.5) is 0 Å². The lowest BCUT2D eigenvalue weighted by molar-refractivity contribution is -0.118. The summed E-state index contributed by atoms with van der Waals surface area (Å²) in [5.74, 6) is 0.355. The van der Waals surface area contributed by atoms with Gasteiger partial charge in [-0.25, -0.2) is 4.98 Å². The van der Waals surface area contributed by atoms with Crippen molar-refractivity contribution in [1.29, 1.82) is 0 Å². The van der Waals surface area contributed by atoms with Gasteiger partial charge in [0.25, 0.3) is 0 Å². The lowest BCUT2D eigenvalue weighted by atomic mass is 9.96. The Hall–Kier alpha value is -1.74. The molecule has 0 bridgehead atoms. The van der Waals surface area contributed by atoms with Crippen LogP contribution in [0.25, 0.3) is 11.3 Å². The van der Waals surface area contributed by atoms with E-state index in [1.54, 1.807) is 11.3 Å². The molecule has 0 N–H and O–H groups in total. The van der Waals surface area contributed by atoms with Crippen LogP contribution < -0.4 is 0 Å². The monoisotopic (exact) mass is 269 g/mol. The molecule has 19 heavy (non-hydrogen) atoms. The molecule has 0 fully saturated rings. The van der Waals surface area contributed by atoms with Gasteiger partial charge < -0.3 is 0 Å². The van der Waals surface area contributed by atoms with E-state index in [0.717, 1.165) is 29.1 Å². The molecule has 2 nitrogen and oxygen atoms in total. The van der Waals surface area contributed by atoms with Crippen molar-refractivity contribution < 1.29 is 4.79 Å². The van der Waals surface area contributed by atoms with E-state index in [1.807, 2.05) is 18.2 Å². The fourth-order valence-corrected chi connectivity index (χ4v) is 3.11. The second kappa shape index (κ2) is 5.49. The molecule has 0 aliphatic heterocycles. The number of carbonyl (C=O) groups is 1. The Balaban J connectivity index is 1.74. The molecule has 96 valence electrons. The topological polar surface area (TPSA) is 30.0 Å². The van der Waals surface area contributed by atoms with Crippen molar-refractivity contribution in [2.75, 3.05) is 0 Å². The number of carbonyl (C=O) groups excluding carboxylic acids is 1. The van der Waals surface area contributed by atoms with E-state index in [1.165, 1.54) is 5.57 Å². The number of aromatic nitrogens is 1. The number of hydrogen-bond acceptors (Lipinski definition) is 3. The van der Waals surface area contributed by atoms with Gasteiger partial charge in [0.2, 0.25) is 0 Å². The van der Waals surface area contributed by atoms with E-state index in [-0.39, 0.29) is 0 Å². The first-order chi connectivity index (χ1) is 9.31. The highest BCUT2D eigenvalue weighted by atomic mass is 32.1. The summed E-state index contributed by atoms with van der Waals surface area (Å²) >= 11 is 1.70. The van der Waals surface area contributed by atoms with Gasteiger partial charge in [-0.15, -0.1) is 11.3 Å². The third kappa shape index (κ3) is 2.99. The second-order valence-corrected chi connectivity index (χ2v) is 5.72. The Bertz CT molecular complexity index is 613. The molecule has 0 amide bonds. The molecule has 0 saturated carbocycles. The summed E-state index contributed by atoms with van der Waals surface area (Å²) in [4.78, 5) is 15.9. The minimum Gasteiger partial charge on any atom is -0.299 e. The molecule has 0 atom stereocenters. The predicted molar refractivity (Wildman–Crippen MR) is 78.2 cm³/mol. The minimum atomic E-state index is 0.355. The summed E-state index contributed by atoms with van der Waals surface area (Å²) in [6.07, 6.45) is 5.17. The van der Waals surface area contributed by atoms with Gasteiger partial charge in [-0.05, 0) is 6.42 Å². The Morgan fingerprint density at radius 1 is 1.16 bits per heavy atom. The molecule has 1 aromatic carbocycles. The highest BCUT2D eigenvalue weighted by Gasteiger charge is 2.12. The van der Waals surface area contributed by atoms with Crippen LogP contribution in [0.2, 0.25) is 0 Å². The molecule has 3 heteroatoms. The van der Waals surface area contributed by atoms with E-state index in [0.29, 0.717) is 18.6 Å². The molecule has 0 unspecified atom stereocenters. The van der Waals surface area contributed by atoms with Crippen LogP contribution in [0.3, 0.4) is 0 Å². The number of Topliss-reactive ketones (excluding diaryl/α,β-unsaturated/α-hetero) is 1. The SMILES string of the molecule is O=C1CC=C(Cc2nc(-c3ccccc3)cs2)CC1. The number of nitrogens with zero attached hydrogens (tertiary/aromatic N) is 1. The quantitative estimate of drug-likeness (QED) is 0.787. The molecule has 0 saturated heterocycles. The van der Waals surface area contributed by atoms with Crippen LogP contribution >= 0.6 is 11.3 Å². The summed E-state index contributed by atoms with van der Waals surface area (Å²) in [6, 6.07) is 10.2. The standard InChI is InChI=1S/C16H15NOS/c18-14-8-6-12(7-9-14)10-16-17-15(11-19-16)13-4-2-1-3-5-13/h1-6,11H,7-10H2. The zero-order chi connectivity index (χ0) is 13.1. The van der Waals surface area contributed by atoms with Crippen LogP contribution in [0.1, 0.15) is 24.3 Å². The van der Waals surface area contributed by atoms with Crippen molar-refractivity contribution in [3.8, 4) is 11.3 Å². The number of benzene rings is 1. The van der Waals surface area contributed by atoms with Crippen molar-refractivity contribution in [3.63, 3.8) is 0 Å². The first kappa shape index (κ1) is 12.3. The van der Waals surface area contributed by atoms with E-state index in [9.17, 15) is 4.79 Å². The lowest BCUT2D eigenvalue weighted by Gasteiger charge is -2.10. The van der Waals surface area contributed by atoms with Crippen LogP contribution in [0.15, 0.2) is 47.4 Å². The molecule has 1 aliphatic carbocycles. The molecular formula is C16H15NOS. The number of thiazole rings is 1. The van der Waals surface area contributed by atoms with E-state index >= 15 is 0 Å². The fourth-order valence-electron chi connectivity index (χ4n) is 2.25. The zero-order valence-electron chi connectivity index (χ0n) is 10.6. The number of hydrogen-bond donors (Lipinski definition) is 0. The summed E-state index contributed by atoms with van der Waals surface area (Å²) < 4.78 is 0. The van der Waals surface area contributed by atoms with Crippen LogP contribution in [-0.4, -0.2) is 10.8 Å². The highest BCUT2D eigenvalue weighted by molar-refractivity contribution is 7.10. The van der Waals surface area contributed by atoms with Crippen molar-refractivity contribution in [1.82, 2.24) is 4.98 Å². The molecule has 0 spiro atoms. The van der Waals surface area contributed by atoms with Crippen molar-refractivity contribution in [3.05, 3.63) is 52.4 Å². The van der Waals surface area contributed by atoms with Gasteiger partial charge in [0.05, 0.1) is 10.7 Å². The van der Waals surface area contributed by atoms with Gasteiger partial charge in [-0.1, -0.05) is 42.0 Å². The number of allylic oxidation sites excluding steroid dienone is 2. The Morgan fingerprint density at radius 2 is 2.00 bits per heavy atom. The minimum absolute atomic E-state index is 0.355. The smallest absolute Gasteiger partial charge is 0.136 e. The highest BCUT2D eigenvalue weighted by Crippen LogP contribution is 2.25. The fraction of sp³-hybridized carbons (Fsp3) is 0.250. The molecule has 3 rings (SSSR count). The van der Waals surface area contributed by atoms with Gasteiger partial charge in [0, 0.05) is 30.2 Å². The number of rotatable bonds is 3. The normalized spacial score (nSPS) is 15.4. The maximum Gasteiger partial charge on any atom is 0.136 e. The molecule has 1 heterocycles. The summed E-state index contributed by atoms with van der Waals surface area (Å²) in [6.45, 7) is 0. The van der Waals surface area contributed by atoms with Gasteiger partial charge in [0.15, 0.2) is 0 Å². The Labute approximate surface area is 116 Å². The van der Waals surface area contributed by atoms with Gasteiger partial charge in [0.1, 0.15) is 5.78 Å². The van der Waals surface area contributed by atoms with Crippen LogP contribution in [-0.2, 0) is 11.2 Å². The summed E-state index contributed by atoms with van der Waals surface area (Å²) in [5.41, 5.74) is 3.57. The largest absolute Gasteiger partial charge is 0.299 e. The van der Waals surface area contributed by atoms with Gasteiger partial charge in [-0.2, -0.15) is 0 Å². The van der Waals surface area contributed by atoms with Crippen molar-refractivity contribution >= 4 is 17.1 Å². The maximum atomic E-state index is 11.2. The molecule has 0 radical (unpaired) electrons. The molecule has 1 aromatic heterocycles. The van der Waals surface area contributed by atoms with Crippen LogP contribution in [0.5, 0.6) is 0 Å². The van der Waals surface area contributed by atoms with Crippen molar-refractivity contribution in [2.24, 2.45) is 0 Å². The van der Waals surface area contributed by atoms with Crippen molar-refractivity contribution in [2.45, 2.75) is 25.7 Å².